The summed E-state index contributed by atoms with van der Waals surface area (Å²) in [4.78, 5) is 33.1. The molecule has 0 radical (unpaired) electrons. The highest BCUT2D eigenvalue weighted by Crippen LogP contribution is 2.15. The van der Waals surface area contributed by atoms with Crippen molar-refractivity contribution >= 4 is 22.8 Å². The van der Waals surface area contributed by atoms with Gasteiger partial charge in [0.25, 0.3) is 0 Å². The van der Waals surface area contributed by atoms with Crippen LogP contribution in [0, 0.1) is 19.7 Å². The summed E-state index contributed by atoms with van der Waals surface area (Å²) in [5, 5.41) is 0. The number of aromatic nitrogens is 2. The van der Waals surface area contributed by atoms with E-state index in [0.717, 1.165) is 16.9 Å². The number of fused-ring (bicyclic) bond motifs is 1. The van der Waals surface area contributed by atoms with E-state index < -0.39 is 5.97 Å². The van der Waals surface area contributed by atoms with Crippen molar-refractivity contribution in [2.45, 2.75) is 26.7 Å². The smallest absolute Gasteiger partial charge is 0.338 e. The van der Waals surface area contributed by atoms with Gasteiger partial charge >= 0.3 is 5.97 Å². The normalized spacial score (nSPS) is 10.8. The molecule has 0 amide bonds. The Balaban J connectivity index is 1.54. The van der Waals surface area contributed by atoms with E-state index in [-0.39, 0.29) is 24.6 Å². The predicted octanol–water partition coefficient (Wildman–Crippen LogP) is 4.21. The summed E-state index contributed by atoms with van der Waals surface area (Å²) in [5.74, 6) is -0.963. The lowest BCUT2D eigenvalue weighted by atomic mass is 10.1. The first kappa shape index (κ1) is 18.6. The summed E-state index contributed by atoms with van der Waals surface area (Å²) in [6, 6.07) is 10.4. The number of nitrogens with zero attached hydrogens (tertiary/aromatic N) is 2. The highest BCUT2D eigenvalue weighted by molar-refractivity contribution is 5.96. The van der Waals surface area contributed by atoms with Crippen LogP contribution in [0.5, 0.6) is 0 Å². The third-order valence-corrected chi connectivity index (χ3v) is 4.26. The largest absolute Gasteiger partial charge is 0.462 e. The van der Waals surface area contributed by atoms with E-state index in [4.69, 9.17) is 4.74 Å². The first-order valence-corrected chi connectivity index (χ1v) is 8.65. The number of ether oxygens (including phenoxy) is 1. The molecule has 5 nitrogen and oxygen atoms in total. The number of benzene rings is 2. The highest BCUT2D eigenvalue weighted by atomic mass is 19.1. The van der Waals surface area contributed by atoms with Crippen molar-refractivity contribution in [1.29, 1.82) is 0 Å². The lowest BCUT2D eigenvalue weighted by Gasteiger charge is -2.07. The SMILES string of the molecule is Cc1nc2ccc(C(=O)OCCCC(=O)c3ccc(F)cc3)cc2nc1C. The Morgan fingerprint density at radius 2 is 1.56 bits per heavy atom. The van der Waals surface area contributed by atoms with E-state index in [9.17, 15) is 14.0 Å². The topological polar surface area (TPSA) is 69.2 Å². The molecule has 0 aliphatic heterocycles. The third-order valence-electron chi connectivity index (χ3n) is 4.26. The third kappa shape index (κ3) is 4.53. The van der Waals surface area contributed by atoms with E-state index in [1.807, 2.05) is 13.8 Å². The van der Waals surface area contributed by atoms with Crippen LogP contribution < -0.4 is 0 Å². The number of hydrogen-bond donors (Lipinski definition) is 0. The van der Waals surface area contributed by atoms with Gasteiger partial charge in [0, 0.05) is 12.0 Å². The molecule has 1 heterocycles. The summed E-state index contributed by atoms with van der Waals surface area (Å²) in [5.41, 5.74) is 3.86. The molecule has 0 aliphatic rings. The van der Waals surface area contributed by atoms with Crippen LogP contribution in [-0.2, 0) is 4.74 Å². The van der Waals surface area contributed by atoms with Crippen LogP contribution in [-0.4, -0.2) is 28.3 Å². The van der Waals surface area contributed by atoms with E-state index in [0.29, 0.717) is 23.1 Å². The average Bonchev–Trinajstić information content (AvgIpc) is 2.66. The van der Waals surface area contributed by atoms with Gasteiger partial charge in [0.2, 0.25) is 0 Å². The van der Waals surface area contributed by atoms with E-state index in [1.54, 1.807) is 18.2 Å². The van der Waals surface area contributed by atoms with Gasteiger partial charge in [0.05, 0.1) is 34.6 Å². The first-order valence-electron chi connectivity index (χ1n) is 8.65. The molecule has 27 heavy (non-hydrogen) atoms. The minimum atomic E-state index is -0.467. The molecule has 0 atom stereocenters. The second-order valence-electron chi connectivity index (χ2n) is 6.27. The van der Waals surface area contributed by atoms with Gasteiger partial charge < -0.3 is 4.74 Å². The zero-order valence-electron chi connectivity index (χ0n) is 15.2. The van der Waals surface area contributed by atoms with Crippen molar-refractivity contribution < 1.29 is 18.7 Å². The standard InChI is InChI=1S/C21H19FN2O3/c1-13-14(2)24-19-12-16(7-10-18(19)23-13)21(26)27-11-3-4-20(25)15-5-8-17(22)9-6-15/h5-10,12H,3-4,11H2,1-2H3. The second-order valence-corrected chi connectivity index (χ2v) is 6.27. The lowest BCUT2D eigenvalue weighted by Crippen LogP contribution is -2.08. The van der Waals surface area contributed by atoms with Crippen LogP contribution in [0.25, 0.3) is 11.0 Å². The number of aryl methyl sites for hydroxylation is 2. The highest BCUT2D eigenvalue weighted by Gasteiger charge is 2.11. The molecule has 0 unspecified atom stereocenters. The predicted molar refractivity (Wildman–Crippen MR) is 99.3 cm³/mol. The number of carbonyl (C=O) groups is 2. The summed E-state index contributed by atoms with van der Waals surface area (Å²) in [7, 11) is 0. The minimum Gasteiger partial charge on any atom is -0.462 e. The number of rotatable bonds is 6. The molecule has 2 aromatic carbocycles. The van der Waals surface area contributed by atoms with Gasteiger partial charge in [0.1, 0.15) is 5.82 Å². The Morgan fingerprint density at radius 3 is 2.26 bits per heavy atom. The van der Waals surface area contributed by atoms with Crippen molar-refractivity contribution in [3.8, 4) is 0 Å². The molecule has 0 aliphatic carbocycles. The van der Waals surface area contributed by atoms with Crippen LogP contribution in [0.2, 0.25) is 0 Å². The maximum Gasteiger partial charge on any atom is 0.338 e. The van der Waals surface area contributed by atoms with Crippen molar-refractivity contribution in [3.05, 3.63) is 70.8 Å². The first-order chi connectivity index (χ1) is 12.9. The zero-order valence-corrected chi connectivity index (χ0v) is 15.2. The maximum absolute atomic E-state index is 12.9. The van der Waals surface area contributed by atoms with Crippen molar-refractivity contribution in [2.24, 2.45) is 0 Å². The fourth-order valence-corrected chi connectivity index (χ4v) is 2.62. The quantitative estimate of drug-likeness (QED) is 0.371. The van der Waals surface area contributed by atoms with Crippen LogP contribution in [0.15, 0.2) is 42.5 Å². The number of ketones is 1. The Bertz CT molecular complexity index is 1000. The fourth-order valence-electron chi connectivity index (χ4n) is 2.62. The van der Waals surface area contributed by atoms with Gasteiger partial charge in [0.15, 0.2) is 5.78 Å². The lowest BCUT2D eigenvalue weighted by molar-refractivity contribution is 0.0494. The monoisotopic (exact) mass is 366 g/mol. The van der Waals surface area contributed by atoms with Gasteiger partial charge in [-0.1, -0.05) is 0 Å². The van der Waals surface area contributed by atoms with E-state index >= 15 is 0 Å². The number of hydrogen-bond acceptors (Lipinski definition) is 5. The van der Waals surface area contributed by atoms with Gasteiger partial charge in [-0.3, -0.25) is 4.79 Å². The van der Waals surface area contributed by atoms with Gasteiger partial charge in [-0.05, 0) is 62.7 Å². The molecule has 0 bridgehead atoms. The number of carbonyl (C=O) groups excluding carboxylic acids is 2. The molecule has 0 saturated heterocycles. The van der Waals surface area contributed by atoms with Gasteiger partial charge in [-0.15, -0.1) is 0 Å². The zero-order chi connectivity index (χ0) is 19.4. The second kappa shape index (κ2) is 8.03. The van der Waals surface area contributed by atoms with E-state index in [1.165, 1.54) is 24.3 Å². The molecule has 0 saturated carbocycles. The molecule has 0 N–H and O–H groups in total. The Hall–Kier alpha value is -3.15. The number of Topliss-reactive ketones (excluding diaryl/α,β-unsaturated/α-hetero) is 1. The average molecular weight is 366 g/mol. The van der Waals surface area contributed by atoms with Gasteiger partial charge in [-0.2, -0.15) is 0 Å². The number of halogens is 1. The molecule has 1 aromatic heterocycles. The van der Waals surface area contributed by atoms with Crippen molar-refractivity contribution in [2.75, 3.05) is 6.61 Å². The Morgan fingerprint density at radius 1 is 0.926 bits per heavy atom. The molecule has 138 valence electrons. The maximum atomic E-state index is 12.9. The summed E-state index contributed by atoms with van der Waals surface area (Å²) >= 11 is 0. The minimum absolute atomic E-state index is 0.113. The summed E-state index contributed by atoms with van der Waals surface area (Å²) < 4.78 is 18.1. The van der Waals surface area contributed by atoms with Crippen LogP contribution in [0.1, 0.15) is 44.9 Å². The van der Waals surface area contributed by atoms with Crippen LogP contribution >= 0.6 is 0 Å². The molecule has 3 aromatic rings. The molecule has 3 rings (SSSR count). The van der Waals surface area contributed by atoms with E-state index in [2.05, 4.69) is 9.97 Å². The molecular formula is C21H19FN2O3. The molecule has 0 spiro atoms. The number of esters is 1. The van der Waals surface area contributed by atoms with Crippen molar-refractivity contribution in [3.63, 3.8) is 0 Å². The molecule has 0 fully saturated rings. The van der Waals surface area contributed by atoms with Gasteiger partial charge in [-0.25, -0.2) is 19.2 Å². The Labute approximate surface area is 156 Å². The molecular weight excluding hydrogens is 347 g/mol. The van der Waals surface area contributed by atoms with Crippen LogP contribution in [0.3, 0.4) is 0 Å². The van der Waals surface area contributed by atoms with Crippen molar-refractivity contribution in [1.82, 2.24) is 9.97 Å². The van der Waals surface area contributed by atoms with Crippen LogP contribution in [0.4, 0.5) is 4.39 Å². The fraction of sp³-hybridized carbons (Fsp3) is 0.238. The summed E-state index contributed by atoms with van der Waals surface area (Å²) in [6.07, 6.45) is 0.619. The Kier molecular flexibility index (Phi) is 5.54. The molecule has 6 heteroatoms. The summed E-state index contributed by atoms with van der Waals surface area (Å²) in [6.45, 7) is 3.88.